The second-order valence-corrected chi connectivity index (χ2v) is 5.70. The first-order chi connectivity index (χ1) is 8.34. The molecule has 0 bridgehead atoms. The molecule has 0 fully saturated rings. The van der Waals surface area contributed by atoms with Crippen LogP contribution in [0.4, 0.5) is 0 Å². The standard InChI is InChI=1S/C11H12O6S/c12-10(13)6-3-7-18(16,17)9-5-2-1-4-8(9)11(14)15/h1-2,4-5H,3,6-7H2,(H,12,13)(H,14,15). The Morgan fingerprint density at radius 3 is 2.28 bits per heavy atom. The summed E-state index contributed by atoms with van der Waals surface area (Å²) in [5, 5.41) is 17.3. The minimum atomic E-state index is -3.78. The lowest BCUT2D eigenvalue weighted by molar-refractivity contribution is -0.137. The van der Waals surface area contributed by atoms with Crippen LogP contribution in [0.15, 0.2) is 29.2 Å². The summed E-state index contributed by atoms with van der Waals surface area (Å²) in [6, 6.07) is 5.27. The van der Waals surface area contributed by atoms with Crippen LogP contribution in [0.2, 0.25) is 0 Å². The van der Waals surface area contributed by atoms with Gasteiger partial charge in [0, 0.05) is 6.42 Å². The van der Waals surface area contributed by atoms with Crippen molar-refractivity contribution in [1.82, 2.24) is 0 Å². The summed E-state index contributed by atoms with van der Waals surface area (Å²) in [4.78, 5) is 20.9. The van der Waals surface area contributed by atoms with Gasteiger partial charge < -0.3 is 10.2 Å². The molecule has 0 aromatic heterocycles. The molecular weight excluding hydrogens is 260 g/mol. The highest BCUT2D eigenvalue weighted by molar-refractivity contribution is 7.91. The van der Waals surface area contributed by atoms with E-state index in [4.69, 9.17) is 10.2 Å². The third kappa shape index (κ3) is 3.56. The van der Waals surface area contributed by atoms with Crippen molar-refractivity contribution >= 4 is 21.8 Å². The van der Waals surface area contributed by atoms with Crippen LogP contribution in [0.1, 0.15) is 23.2 Å². The van der Waals surface area contributed by atoms with Gasteiger partial charge in [0.15, 0.2) is 9.84 Å². The Hall–Kier alpha value is -1.89. The number of aromatic carboxylic acids is 1. The number of carboxylic acid groups (broad SMARTS) is 2. The highest BCUT2D eigenvalue weighted by Crippen LogP contribution is 2.18. The maximum absolute atomic E-state index is 11.9. The van der Waals surface area contributed by atoms with Crippen LogP contribution in [0, 0.1) is 0 Å². The molecule has 0 saturated carbocycles. The predicted molar refractivity (Wildman–Crippen MR) is 62.3 cm³/mol. The Morgan fingerprint density at radius 1 is 1.11 bits per heavy atom. The maximum Gasteiger partial charge on any atom is 0.337 e. The summed E-state index contributed by atoms with van der Waals surface area (Å²) >= 11 is 0. The fourth-order valence-electron chi connectivity index (χ4n) is 1.44. The highest BCUT2D eigenvalue weighted by Gasteiger charge is 2.21. The molecule has 0 saturated heterocycles. The molecule has 7 heteroatoms. The SMILES string of the molecule is O=C(O)CCCS(=O)(=O)c1ccccc1C(=O)O. The van der Waals surface area contributed by atoms with E-state index >= 15 is 0 Å². The summed E-state index contributed by atoms with van der Waals surface area (Å²) in [5.74, 6) is -2.80. The zero-order valence-electron chi connectivity index (χ0n) is 9.37. The van der Waals surface area contributed by atoms with E-state index < -0.39 is 21.8 Å². The van der Waals surface area contributed by atoms with Gasteiger partial charge in [-0.25, -0.2) is 13.2 Å². The van der Waals surface area contributed by atoms with Gasteiger partial charge in [-0.3, -0.25) is 4.79 Å². The van der Waals surface area contributed by atoms with Crippen LogP contribution in [0.3, 0.4) is 0 Å². The van der Waals surface area contributed by atoms with E-state index in [1.165, 1.54) is 24.3 Å². The first-order valence-corrected chi connectivity index (χ1v) is 6.76. The smallest absolute Gasteiger partial charge is 0.337 e. The fourth-order valence-corrected chi connectivity index (χ4v) is 2.96. The first kappa shape index (κ1) is 14.2. The molecule has 0 aliphatic carbocycles. The molecule has 6 nitrogen and oxygen atoms in total. The molecule has 0 amide bonds. The lowest BCUT2D eigenvalue weighted by Crippen LogP contribution is -2.13. The largest absolute Gasteiger partial charge is 0.481 e. The molecule has 98 valence electrons. The van der Waals surface area contributed by atoms with Crippen molar-refractivity contribution in [3.8, 4) is 0 Å². The molecule has 2 N–H and O–H groups in total. The minimum Gasteiger partial charge on any atom is -0.481 e. The molecular formula is C11H12O6S. The van der Waals surface area contributed by atoms with Gasteiger partial charge >= 0.3 is 11.9 Å². The quantitative estimate of drug-likeness (QED) is 0.800. The number of sulfone groups is 1. The monoisotopic (exact) mass is 272 g/mol. The zero-order chi connectivity index (χ0) is 13.8. The number of carbonyl (C=O) groups is 2. The van der Waals surface area contributed by atoms with Crippen LogP contribution in [0.25, 0.3) is 0 Å². The molecule has 0 heterocycles. The Morgan fingerprint density at radius 2 is 1.72 bits per heavy atom. The van der Waals surface area contributed by atoms with Gasteiger partial charge in [0.05, 0.1) is 16.2 Å². The second-order valence-electron chi connectivity index (χ2n) is 3.62. The van der Waals surface area contributed by atoms with E-state index in [1.807, 2.05) is 0 Å². The number of rotatable bonds is 6. The second kappa shape index (κ2) is 5.63. The summed E-state index contributed by atoms with van der Waals surface area (Å²) < 4.78 is 23.8. The Kier molecular flexibility index (Phi) is 4.43. The molecule has 0 aliphatic heterocycles. The van der Waals surface area contributed by atoms with Crippen molar-refractivity contribution in [2.75, 3.05) is 5.75 Å². The average molecular weight is 272 g/mol. The van der Waals surface area contributed by atoms with Crippen LogP contribution < -0.4 is 0 Å². The van der Waals surface area contributed by atoms with Gasteiger partial charge in [0.25, 0.3) is 0 Å². The van der Waals surface area contributed by atoms with Gasteiger partial charge in [-0.15, -0.1) is 0 Å². The summed E-state index contributed by atoms with van der Waals surface area (Å²) in [7, 11) is -3.78. The van der Waals surface area contributed by atoms with Gasteiger partial charge in [0.2, 0.25) is 0 Å². The topological polar surface area (TPSA) is 109 Å². The number of aliphatic carboxylic acids is 1. The molecule has 1 rings (SSSR count). The lowest BCUT2D eigenvalue weighted by atomic mass is 10.2. The summed E-state index contributed by atoms with van der Waals surface area (Å²) in [6.07, 6.45) is -0.319. The van der Waals surface area contributed by atoms with Crippen molar-refractivity contribution in [3.05, 3.63) is 29.8 Å². The Balaban J connectivity index is 2.98. The van der Waals surface area contributed by atoms with E-state index in [2.05, 4.69) is 0 Å². The first-order valence-electron chi connectivity index (χ1n) is 5.11. The number of hydrogen-bond acceptors (Lipinski definition) is 4. The van der Waals surface area contributed by atoms with Crippen LogP contribution in [-0.2, 0) is 14.6 Å². The summed E-state index contributed by atoms with van der Waals surface area (Å²) in [5.41, 5.74) is -0.298. The van der Waals surface area contributed by atoms with E-state index in [-0.39, 0.29) is 29.1 Å². The van der Waals surface area contributed by atoms with E-state index in [0.29, 0.717) is 0 Å². The van der Waals surface area contributed by atoms with E-state index in [0.717, 1.165) is 0 Å². The normalized spacial score (nSPS) is 11.1. The van der Waals surface area contributed by atoms with Crippen molar-refractivity contribution < 1.29 is 28.2 Å². The molecule has 1 aromatic rings. The number of benzene rings is 1. The molecule has 0 atom stereocenters. The predicted octanol–water partition coefficient (Wildman–Crippen LogP) is 1.02. The number of hydrogen-bond donors (Lipinski definition) is 2. The van der Waals surface area contributed by atoms with Crippen molar-refractivity contribution in [3.63, 3.8) is 0 Å². The van der Waals surface area contributed by atoms with Gasteiger partial charge in [-0.05, 0) is 18.6 Å². The molecule has 1 aromatic carbocycles. The fraction of sp³-hybridized carbons (Fsp3) is 0.273. The highest BCUT2D eigenvalue weighted by atomic mass is 32.2. The molecule has 0 radical (unpaired) electrons. The van der Waals surface area contributed by atoms with E-state index in [1.54, 1.807) is 0 Å². The average Bonchev–Trinajstić information content (AvgIpc) is 2.28. The Labute approximate surface area is 104 Å². The van der Waals surface area contributed by atoms with Crippen molar-refractivity contribution in [2.45, 2.75) is 17.7 Å². The van der Waals surface area contributed by atoms with Gasteiger partial charge in [0.1, 0.15) is 0 Å². The van der Waals surface area contributed by atoms with Crippen molar-refractivity contribution in [2.24, 2.45) is 0 Å². The molecule has 18 heavy (non-hydrogen) atoms. The van der Waals surface area contributed by atoms with Crippen LogP contribution in [0.5, 0.6) is 0 Å². The molecule has 0 unspecified atom stereocenters. The van der Waals surface area contributed by atoms with Crippen molar-refractivity contribution in [1.29, 1.82) is 0 Å². The minimum absolute atomic E-state index is 0.0500. The zero-order valence-corrected chi connectivity index (χ0v) is 10.2. The lowest BCUT2D eigenvalue weighted by Gasteiger charge is -2.06. The van der Waals surface area contributed by atoms with E-state index in [9.17, 15) is 18.0 Å². The Bertz CT molecular complexity index is 561. The summed E-state index contributed by atoms with van der Waals surface area (Å²) in [6.45, 7) is 0. The maximum atomic E-state index is 11.9. The molecule has 0 spiro atoms. The van der Waals surface area contributed by atoms with Crippen LogP contribution in [-0.4, -0.2) is 36.3 Å². The molecule has 0 aliphatic rings. The number of carboxylic acids is 2. The third-order valence-corrected chi connectivity index (χ3v) is 4.11. The van der Waals surface area contributed by atoms with Gasteiger partial charge in [-0.2, -0.15) is 0 Å². The van der Waals surface area contributed by atoms with Crippen LogP contribution >= 0.6 is 0 Å². The van der Waals surface area contributed by atoms with Gasteiger partial charge in [-0.1, -0.05) is 12.1 Å². The third-order valence-electron chi connectivity index (χ3n) is 2.26.